The number of aromatic nitrogens is 1. The van der Waals surface area contributed by atoms with Crippen molar-refractivity contribution in [2.75, 3.05) is 6.54 Å². The molecule has 1 aromatic heterocycles. The van der Waals surface area contributed by atoms with Crippen LogP contribution in [0, 0.1) is 0 Å². The monoisotopic (exact) mass is 313 g/mol. The number of nitrogens with one attached hydrogen (secondary N) is 2. The lowest BCUT2D eigenvalue weighted by atomic mass is 10.1. The molecule has 6 nitrogen and oxygen atoms in total. The molecule has 0 aliphatic carbocycles. The largest absolute Gasteiger partial charge is 0.445 e. The van der Waals surface area contributed by atoms with Crippen LogP contribution in [0.3, 0.4) is 0 Å². The summed E-state index contributed by atoms with van der Waals surface area (Å²) < 4.78 is 5.03. The number of benzene rings is 1. The Morgan fingerprint density at radius 3 is 2.52 bits per heavy atom. The van der Waals surface area contributed by atoms with E-state index in [2.05, 4.69) is 15.6 Å². The predicted molar refractivity (Wildman–Crippen MR) is 85.4 cm³/mol. The average Bonchev–Trinajstić information content (AvgIpc) is 2.60. The number of carbonyl (C=O) groups is 2. The van der Waals surface area contributed by atoms with Gasteiger partial charge in [-0.1, -0.05) is 30.3 Å². The second-order valence-corrected chi connectivity index (χ2v) is 4.99. The SMILES string of the molecule is CC(NC(=O)CNC(=O)OCc1ccccc1)c1ccncc1. The van der Waals surface area contributed by atoms with Crippen LogP contribution in [0.5, 0.6) is 0 Å². The molecule has 2 N–H and O–H groups in total. The van der Waals surface area contributed by atoms with Crippen LogP contribution in [0.25, 0.3) is 0 Å². The molecule has 120 valence electrons. The summed E-state index contributed by atoms with van der Waals surface area (Å²) in [7, 11) is 0. The molecule has 23 heavy (non-hydrogen) atoms. The van der Waals surface area contributed by atoms with Gasteiger partial charge in [0, 0.05) is 12.4 Å². The number of hydrogen-bond donors (Lipinski definition) is 2. The number of pyridine rings is 1. The van der Waals surface area contributed by atoms with E-state index in [0.29, 0.717) is 0 Å². The minimum atomic E-state index is -0.624. The van der Waals surface area contributed by atoms with Crippen molar-refractivity contribution in [3.8, 4) is 0 Å². The minimum absolute atomic E-state index is 0.136. The van der Waals surface area contributed by atoms with Crippen molar-refractivity contribution in [3.05, 3.63) is 66.0 Å². The summed E-state index contributed by atoms with van der Waals surface area (Å²) in [5, 5.41) is 5.21. The first-order valence-corrected chi connectivity index (χ1v) is 7.29. The first kappa shape index (κ1) is 16.5. The van der Waals surface area contributed by atoms with Crippen molar-refractivity contribution in [3.63, 3.8) is 0 Å². The lowest BCUT2D eigenvalue weighted by Crippen LogP contribution is -2.38. The van der Waals surface area contributed by atoms with Gasteiger partial charge in [-0.3, -0.25) is 9.78 Å². The van der Waals surface area contributed by atoms with Crippen molar-refractivity contribution < 1.29 is 14.3 Å². The zero-order valence-corrected chi connectivity index (χ0v) is 12.9. The van der Waals surface area contributed by atoms with Crippen molar-refractivity contribution in [1.29, 1.82) is 0 Å². The van der Waals surface area contributed by atoms with E-state index >= 15 is 0 Å². The summed E-state index contributed by atoms with van der Waals surface area (Å²) in [6.45, 7) is 1.89. The fourth-order valence-corrected chi connectivity index (χ4v) is 1.95. The lowest BCUT2D eigenvalue weighted by molar-refractivity contribution is -0.120. The highest BCUT2D eigenvalue weighted by Crippen LogP contribution is 2.09. The van der Waals surface area contributed by atoms with E-state index < -0.39 is 6.09 Å². The van der Waals surface area contributed by atoms with Crippen LogP contribution < -0.4 is 10.6 Å². The van der Waals surface area contributed by atoms with Gasteiger partial charge in [0.1, 0.15) is 13.2 Å². The highest BCUT2D eigenvalue weighted by molar-refractivity contribution is 5.82. The number of alkyl carbamates (subject to hydrolysis) is 1. The van der Waals surface area contributed by atoms with Crippen LogP contribution in [0.15, 0.2) is 54.9 Å². The number of rotatable bonds is 6. The van der Waals surface area contributed by atoms with Gasteiger partial charge in [-0.15, -0.1) is 0 Å². The van der Waals surface area contributed by atoms with Gasteiger partial charge < -0.3 is 15.4 Å². The third-order valence-electron chi connectivity index (χ3n) is 3.19. The lowest BCUT2D eigenvalue weighted by Gasteiger charge is -2.14. The molecular weight excluding hydrogens is 294 g/mol. The molecule has 2 amide bonds. The molecule has 0 bridgehead atoms. The molecule has 0 fully saturated rings. The molecule has 1 heterocycles. The predicted octanol–water partition coefficient (Wildman–Crippen LogP) is 2.19. The summed E-state index contributed by atoms with van der Waals surface area (Å²) in [6, 6.07) is 12.8. The number of amides is 2. The molecule has 6 heteroatoms. The third-order valence-corrected chi connectivity index (χ3v) is 3.19. The number of nitrogens with zero attached hydrogens (tertiary/aromatic N) is 1. The highest BCUT2D eigenvalue weighted by atomic mass is 16.5. The van der Waals surface area contributed by atoms with Crippen molar-refractivity contribution in [1.82, 2.24) is 15.6 Å². The van der Waals surface area contributed by atoms with Gasteiger partial charge in [-0.25, -0.2) is 4.79 Å². The smallest absolute Gasteiger partial charge is 0.407 e. The van der Waals surface area contributed by atoms with Gasteiger partial charge in [0.05, 0.1) is 6.04 Å². The van der Waals surface area contributed by atoms with E-state index in [0.717, 1.165) is 11.1 Å². The van der Waals surface area contributed by atoms with E-state index in [9.17, 15) is 9.59 Å². The summed E-state index contributed by atoms with van der Waals surface area (Å²) in [5.41, 5.74) is 1.83. The van der Waals surface area contributed by atoms with Gasteiger partial charge >= 0.3 is 6.09 Å². The van der Waals surface area contributed by atoms with Crippen molar-refractivity contribution in [2.24, 2.45) is 0 Å². The fourth-order valence-electron chi connectivity index (χ4n) is 1.95. The topological polar surface area (TPSA) is 80.3 Å². The maximum Gasteiger partial charge on any atom is 0.407 e. The summed E-state index contributed by atoms with van der Waals surface area (Å²) in [4.78, 5) is 27.3. The van der Waals surface area contributed by atoms with Crippen LogP contribution in [0.4, 0.5) is 4.79 Å². The van der Waals surface area contributed by atoms with Crippen LogP contribution in [-0.2, 0) is 16.1 Å². The number of ether oxygens (including phenoxy) is 1. The molecule has 0 saturated heterocycles. The van der Waals surface area contributed by atoms with Gasteiger partial charge in [0.15, 0.2) is 0 Å². The van der Waals surface area contributed by atoms with Crippen molar-refractivity contribution in [2.45, 2.75) is 19.6 Å². The normalized spacial score (nSPS) is 11.3. The van der Waals surface area contributed by atoms with E-state index in [-0.39, 0.29) is 25.1 Å². The Kier molecular flexibility index (Phi) is 6.11. The average molecular weight is 313 g/mol. The summed E-state index contributed by atoms with van der Waals surface area (Å²) in [6.07, 6.45) is 2.70. The maximum atomic E-state index is 11.8. The third kappa shape index (κ3) is 5.78. The Hall–Kier alpha value is -2.89. The maximum absolute atomic E-state index is 11.8. The first-order valence-electron chi connectivity index (χ1n) is 7.29. The van der Waals surface area contributed by atoms with E-state index in [4.69, 9.17) is 4.74 Å². The van der Waals surface area contributed by atoms with Gasteiger partial charge in [-0.2, -0.15) is 0 Å². The first-order chi connectivity index (χ1) is 11.1. The molecule has 0 radical (unpaired) electrons. The van der Waals surface area contributed by atoms with E-state index in [1.807, 2.05) is 49.4 Å². The van der Waals surface area contributed by atoms with E-state index in [1.54, 1.807) is 12.4 Å². The highest BCUT2D eigenvalue weighted by Gasteiger charge is 2.11. The van der Waals surface area contributed by atoms with Crippen molar-refractivity contribution >= 4 is 12.0 Å². The second kappa shape index (κ2) is 8.53. The molecule has 1 atom stereocenters. The van der Waals surface area contributed by atoms with Crippen LogP contribution in [0.2, 0.25) is 0 Å². The Morgan fingerprint density at radius 1 is 1.13 bits per heavy atom. The Morgan fingerprint density at radius 2 is 1.83 bits per heavy atom. The van der Waals surface area contributed by atoms with Gasteiger partial charge in [0.2, 0.25) is 5.91 Å². The molecule has 1 aromatic carbocycles. The molecular formula is C17H19N3O3. The standard InChI is InChI=1S/C17H19N3O3/c1-13(15-7-9-18-10-8-15)20-16(21)11-19-17(22)23-12-14-5-3-2-4-6-14/h2-10,13H,11-12H2,1H3,(H,19,22)(H,20,21). The number of carbonyl (C=O) groups excluding carboxylic acids is 2. The molecule has 1 unspecified atom stereocenters. The van der Waals surface area contributed by atoms with Gasteiger partial charge in [0.25, 0.3) is 0 Å². The number of hydrogen-bond acceptors (Lipinski definition) is 4. The molecule has 2 rings (SSSR count). The van der Waals surface area contributed by atoms with Crippen LogP contribution in [-0.4, -0.2) is 23.5 Å². The Labute approximate surface area is 134 Å². The summed E-state index contributed by atoms with van der Waals surface area (Å²) >= 11 is 0. The molecule has 0 spiro atoms. The van der Waals surface area contributed by atoms with E-state index in [1.165, 1.54) is 0 Å². The quantitative estimate of drug-likeness (QED) is 0.856. The molecule has 0 aliphatic rings. The second-order valence-electron chi connectivity index (χ2n) is 4.99. The fraction of sp³-hybridized carbons (Fsp3) is 0.235. The van der Waals surface area contributed by atoms with Crippen LogP contribution >= 0.6 is 0 Å². The molecule has 2 aromatic rings. The zero-order chi connectivity index (χ0) is 16.5. The Balaban J connectivity index is 1.68. The summed E-state index contributed by atoms with van der Waals surface area (Å²) in [5.74, 6) is -0.286. The molecule has 0 aliphatic heterocycles. The molecule has 0 saturated carbocycles. The Bertz CT molecular complexity index is 632. The van der Waals surface area contributed by atoms with Gasteiger partial charge in [-0.05, 0) is 30.2 Å². The minimum Gasteiger partial charge on any atom is -0.445 e. The zero-order valence-electron chi connectivity index (χ0n) is 12.9. The van der Waals surface area contributed by atoms with Crippen LogP contribution in [0.1, 0.15) is 24.1 Å².